The normalized spacial score (nSPS) is 11.4. The summed E-state index contributed by atoms with van der Waals surface area (Å²) in [5.74, 6) is -1.22. The number of furan rings is 1. The molecule has 0 aliphatic rings. The third-order valence-electron chi connectivity index (χ3n) is 4.78. The highest BCUT2D eigenvalue weighted by Crippen LogP contribution is 2.35. The van der Waals surface area contributed by atoms with Crippen LogP contribution in [0.15, 0.2) is 71.3 Å². The Balaban J connectivity index is 1.71. The second-order valence-electron chi connectivity index (χ2n) is 6.64. The van der Waals surface area contributed by atoms with E-state index in [1.165, 1.54) is 12.1 Å². The van der Waals surface area contributed by atoms with Crippen molar-refractivity contribution in [2.45, 2.75) is 6.92 Å². The van der Waals surface area contributed by atoms with Crippen LogP contribution in [0.4, 0.5) is 8.78 Å². The van der Waals surface area contributed by atoms with Crippen LogP contribution in [0.3, 0.4) is 0 Å². The molecule has 3 nitrogen and oxygen atoms in total. The fourth-order valence-electron chi connectivity index (χ4n) is 3.44. The van der Waals surface area contributed by atoms with Crippen LogP contribution < -0.4 is 0 Å². The van der Waals surface area contributed by atoms with Gasteiger partial charge < -0.3 is 4.42 Å². The largest absolute Gasteiger partial charge is 0.437 e. The summed E-state index contributed by atoms with van der Waals surface area (Å²) in [5, 5.41) is 1.88. The van der Waals surface area contributed by atoms with Gasteiger partial charge in [0.1, 0.15) is 17.2 Å². The van der Waals surface area contributed by atoms with E-state index in [9.17, 15) is 8.78 Å². The fraction of sp³-hybridized carbons (Fsp3) is 0.0435. The van der Waals surface area contributed by atoms with Gasteiger partial charge in [0.15, 0.2) is 0 Å². The van der Waals surface area contributed by atoms with E-state index < -0.39 is 11.6 Å². The van der Waals surface area contributed by atoms with Crippen LogP contribution in [0.2, 0.25) is 0 Å². The van der Waals surface area contributed by atoms with E-state index in [0.717, 1.165) is 28.1 Å². The molecule has 0 atom stereocenters. The average molecular weight is 372 g/mol. The molecule has 0 N–H and O–H groups in total. The minimum atomic E-state index is -0.612. The number of rotatable bonds is 2. The fourth-order valence-corrected chi connectivity index (χ4v) is 3.44. The summed E-state index contributed by atoms with van der Waals surface area (Å²) in [6.45, 7) is 1.91. The highest BCUT2D eigenvalue weighted by atomic mass is 19.1. The number of para-hydroxylation sites is 1. The second kappa shape index (κ2) is 6.23. The molecular weight excluding hydrogens is 358 g/mol. The smallest absolute Gasteiger partial charge is 0.227 e. The van der Waals surface area contributed by atoms with Crippen molar-refractivity contribution >= 4 is 22.1 Å². The van der Waals surface area contributed by atoms with Crippen LogP contribution >= 0.6 is 0 Å². The van der Waals surface area contributed by atoms with Crippen molar-refractivity contribution in [3.8, 4) is 22.4 Å². The SMILES string of the molecule is Cc1ccc2c(n1)oc1c(-c3cc(-c4ccc(F)cc4F)ccn3)cccc12. The maximum Gasteiger partial charge on any atom is 0.227 e. The lowest BCUT2D eigenvalue weighted by Gasteiger charge is -2.07. The highest BCUT2D eigenvalue weighted by Gasteiger charge is 2.15. The molecular formula is C23H14F2N2O. The van der Waals surface area contributed by atoms with Gasteiger partial charge in [-0.3, -0.25) is 4.98 Å². The number of pyridine rings is 2. The van der Waals surface area contributed by atoms with Crippen molar-refractivity contribution in [2.75, 3.05) is 0 Å². The first-order valence-electron chi connectivity index (χ1n) is 8.81. The van der Waals surface area contributed by atoms with Crippen molar-refractivity contribution < 1.29 is 13.2 Å². The summed E-state index contributed by atoms with van der Waals surface area (Å²) < 4.78 is 33.5. The van der Waals surface area contributed by atoms with E-state index in [4.69, 9.17) is 4.42 Å². The Bertz CT molecular complexity index is 1360. The summed E-state index contributed by atoms with van der Waals surface area (Å²) in [6.07, 6.45) is 1.61. The second-order valence-corrected chi connectivity index (χ2v) is 6.64. The molecule has 0 amide bonds. The zero-order chi connectivity index (χ0) is 19.3. The zero-order valence-electron chi connectivity index (χ0n) is 14.9. The van der Waals surface area contributed by atoms with Gasteiger partial charge in [-0.15, -0.1) is 0 Å². The van der Waals surface area contributed by atoms with Crippen molar-refractivity contribution in [3.05, 3.63) is 84.2 Å². The summed E-state index contributed by atoms with van der Waals surface area (Å²) >= 11 is 0. The van der Waals surface area contributed by atoms with E-state index >= 15 is 0 Å². The van der Waals surface area contributed by atoms with E-state index in [1.54, 1.807) is 18.3 Å². The Kier molecular flexibility index (Phi) is 3.69. The average Bonchev–Trinajstić information content (AvgIpc) is 3.05. The van der Waals surface area contributed by atoms with Gasteiger partial charge in [-0.25, -0.2) is 13.8 Å². The molecule has 0 saturated heterocycles. The first-order valence-corrected chi connectivity index (χ1v) is 8.81. The molecule has 28 heavy (non-hydrogen) atoms. The lowest BCUT2D eigenvalue weighted by atomic mass is 10.0. The monoisotopic (exact) mass is 372 g/mol. The molecule has 5 heteroatoms. The summed E-state index contributed by atoms with van der Waals surface area (Å²) in [7, 11) is 0. The van der Waals surface area contributed by atoms with Crippen LogP contribution in [0, 0.1) is 18.6 Å². The topological polar surface area (TPSA) is 38.9 Å². The predicted molar refractivity (Wildman–Crippen MR) is 105 cm³/mol. The molecule has 0 aliphatic heterocycles. The number of benzene rings is 2. The van der Waals surface area contributed by atoms with Gasteiger partial charge in [0.25, 0.3) is 0 Å². The molecule has 3 aromatic heterocycles. The van der Waals surface area contributed by atoms with Gasteiger partial charge in [-0.05, 0) is 55.0 Å². The first-order chi connectivity index (χ1) is 13.6. The van der Waals surface area contributed by atoms with Gasteiger partial charge in [0.05, 0.1) is 5.69 Å². The van der Waals surface area contributed by atoms with Gasteiger partial charge in [0.2, 0.25) is 5.71 Å². The Morgan fingerprint density at radius 3 is 2.61 bits per heavy atom. The number of aryl methyl sites for hydroxylation is 1. The van der Waals surface area contributed by atoms with Crippen molar-refractivity contribution in [1.29, 1.82) is 0 Å². The van der Waals surface area contributed by atoms with Crippen molar-refractivity contribution in [3.63, 3.8) is 0 Å². The molecule has 5 aromatic rings. The maximum absolute atomic E-state index is 14.2. The molecule has 0 spiro atoms. The number of hydrogen-bond donors (Lipinski definition) is 0. The zero-order valence-corrected chi connectivity index (χ0v) is 14.9. The van der Waals surface area contributed by atoms with Gasteiger partial charge in [0, 0.05) is 39.9 Å². The third kappa shape index (κ3) is 2.63. The maximum atomic E-state index is 14.2. The number of fused-ring (bicyclic) bond motifs is 3. The highest BCUT2D eigenvalue weighted by molar-refractivity contribution is 6.08. The molecule has 3 heterocycles. The van der Waals surface area contributed by atoms with Crippen molar-refractivity contribution in [2.24, 2.45) is 0 Å². The Labute approximate surface area is 159 Å². The number of aromatic nitrogens is 2. The molecule has 5 rings (SSSR count). The Morgan fingerprint density at radius 1 is 0.857 bits per heavy atom. The molecule has 0 fully saturated rings. The van der Waals surface area contributed by atoms with Gasteiger partial charge in [-0.2, -0.15) is 0 Å². The van der Waals surface area contributed by atoms with Crippen LogP contribution in [-0.4, -0.2) is 9.97 Å². The third-order valence-corrected chi connectivity index (χ3v) is 4.78. The first kappa shape index (κ1) is 16.6. The van der Waals surface area contributed by atoms with Crippen LogP contribution in [-0.2, 0) is 0 Å². The van der Waals surface area contributed by atoms with Gasteiger partial charge >= 0.3 is 0 Å². The van der Waals surface area contributed by atoms with E-state index in [2.05, 4.69) is 9.97 Å². The number of halogens is 2. The summed E-state index contributed by atoms with van der Waals surface area (Å²) in [5.41, 5.74) is 4.49. The molecule has 0 aliphatic carbocycles. The lowest BCUT2D eigenvalue weighted by molar-refractivity contribution is 0.585. The number of hydrogen-bond acceptors (Lipinski definition) is 3. The minimum Gasteiger partial charge on any atom is -0.437 e. The molecule has 2 aromatic carbocycles. The minimum absolute atomic E-state index is 0.319. The van der Waals surface area contributed by atoms with Crippen LogP contribution in [0.1, 0.15) is 5.69 Å². The molecule has 0 saturated carbocycles. The predicted octanol–water partition coefficient (Wildman–Crippen LogP) is 6.30. The molecule has 0 radical (unpaired) electrons. The van der Waals surface area contributed by atoms with E-state index in [0.29, 0.717) is 28.1 Å². The summed E-state index contributed by atoms with van der Waals surface area (Å²) in [4.78, 5) is 8.90. The van der Waals surface area contributed by atoms with Gasteiger partial charge in [-0.1, -0.05) is 12.1 Å². The standard InChI is InChI=1S/C23H14F2N2O/c1-13-5-7-18-17-3-2-4-19(22(17)28-23(18)27-13)21-11-14(9-10-26-21)16-8-6-15(24)12-20(16)25/h2-12H,1H3. The number of nitrogens with zero attached hydrogens (tertiary/aromatic N) is 2. The van der Waals surface area contributed by atoms with E-state index in [1.807, 2.05) is 37.3 Å². The molecule has 0 bridgehead atoms. The van der Waals surface area contributed by atoms with E-state index in [-0.39, 0.29) is 0 Å². The summed E-state index contributed by atoms with van der Waals surface area (Å²) in [6, 6.07) is 16.8. The van der Waals surface area contributed by atoms with Crippen LogP contribution in [0.25, 0.3) is 44.5 Å². The lowest BCUT2D eigenvalue weighted by Crippen LogP contribution is -1.89. The quantitative estimate of drug-likeness (QED) is 0.365. The van der Waals surface area contributed by atoms with Crippen LogP contribution in [0.5, 0.6) is 0 Å². The molecule has 0 unspecified atom stereocenters. The Morgan fingerprint density at radius 2 is 1.75 bits per heavy atom. The van der Waals surface area contributed by atoms with Crippen molar-refractivity contribution in [1.82, 2.24) is 9.97 Å². The Hall–Kier alpha value is -3.60. The molecule has 136 valence electrons.